The number of piperidine rings is 1. The number of nitrogens with zero attached hydrogens (tertiary/aromatic N) is 1. The van der Waals surface area contributed by atoms with Gasteiger partial charge in [0.2, 0.25) is 0 Å². The third kappa shape index (κ3) is 1.95. The van der Waals surface area contributed by atoms with E-state index in [1.54, 1.807) is 0 Å². The van der Waals surface area contributed by atoms with Crippen molar-refractivity contribution < 1.29 is 9.53 Å². The fourth-order valence-corrected chi connectivity index (χ4v) is 2.30. The number of carbonyl (C=O) groups is 1. The van der Waals surface area contributed by atoms with Gasteiger partial charge in [-0.05, 0) is 40.2 Å². The summed E-state index contributed by atoms with van der Waals surface area (Å²) >= 11 is 0. The number of hydrogen-bond donors (Lipinski definition) is 1. The van der Waals surface area contributed by atoms with Gasteiger partial charge < -0.3 is 10.1 Å². The quantitative estimate of drug-likeness (QED) is 0.659. The van der Waals surface area contributed by atoms with Crippen LogP contribution in [0.15, 0.2) is 0 Å². The van der Waals surface area contributed by atoms with Crippen LogP contribution in [0.4, 0.5) is 4.79 Å². The summed E-state index contributed by atoms with van der Waals surface area (Å²) in [5, 5.41) is 3.31. The lowest BCUT2D eigenvalue weighted by Gasteiger charge is -2.33. The molecule has 0 aromatic rings. The zero-order valence-corrected chi connectivity index (χ0v) is 9.80. The molecule has 2 aliphatic rings. The fourth-order valence-electron chi connectivity index (χ4n) is 2.30. The topological polar surface area (TPSA) is 41.6 Å². The molecule has 4 nitrogen and oxygen atoms in total. The lowest BCUT2D eigenvalue weighted by Crippen LogP contribution is -2.50. The van der Waals surface area contributed by atoms with Gasteiger partial charge in [-0.15, -0.1) is 0 Å². The third-order valence-corrected chi connectivity index (χ3v) is 3.21. The molecule has 1 unspecified atom stereocenters. The minimum atomic E-state index is -0.261. The van der Waals surface area contributed by atoms with Crippen LogP contribution in [0.2, 0.25) is 0 Å². The van der Waals surface area contributed by atoms with Crippen molar-refractivity contribution in [3.05, 3.63) is 0 Å². The van der Waals surface area contributed by atoms with E-state index in [0.29, 0.717) is 0 Å². The van der Waals surface area contributed by atoms with Crippen LogP contribution in [-0.4, -0.2) is 41.8 Å². The maximum atomic E-state index is 11.8. The SMILES string of the molecule is CC(C)(C)N1CC2(CCCNC2)OC1=O. The van der Waals surface area contributed by atoms with Crippen molar-refractivity contribution in [2.75, 3.05) is 19.6 Å². The first-order valence-electron chi connectivity index (χ1n) is 5.64. The highest BCUT2D eigenvalue weighted by Crippen LogP contribution is 2.32. The first-order chi connectivity index (χ1) is 6.93. The van der Waals surface area contributed by atoms with Crippen molar-refractivity contribution in [1.82, 2.24) is 10.2 Å². The van der Waals surface area contributed by atoms with Crippen molar-refractivity contribution in [2.24, 2.45) is 0 Å². The van der Waals surface area contributed by atoms with E-state index in [0.717, 1.165) is 32.5 Å². The maximum absolute atomic E-state index is 11.8. The number of nitrogens with one attached hydrogen (secondary N) is 1. The van der Waals surface area contributed by atoms with Crippen LogP contribution in [0.25, 0.3) is 0 Å². The Hall–Kier alpha value is -0.770. The van der Waals surface area contributed by atoms with Gasteiger partial charge in [-0.3, -0.25) is 4.90 Å². The van der Waals surface area contributed by atoms with Gasteiger partial charge in [0.25, 0.3) is 0 Å². The van der Waals surface area contributed by atoms with Crippen LogP contribution >= 0.6 is 0 Å². The maximum Gasteiger partial charge on any atom is 0.411 e. The average molecular weight is 212 g/mol. The second-order valence-corrected chi connectivity index (χ2v) is 5.59. The molecule has 0 aromatic carbocycles. The number of carbonyl (C=O) groups excluding carboxylic acids is 1. The van der Waals surface area contributed by atoms with Crippen molar-refractivity contribution in [2.45, 2.75) is 44.8 Å². The molecule has 1 atom stereocenters. The Kier molecular flexibility index (Phi) is 2.41. The lowest BCUT2D eigenvalue weighted by molar-refractivity contribution is 0.0366. The van der Waals surface area contributed by atoms with Crippen LogP contribution in [0, 0.1) is 0 Å². The van der Waals surface area contributed by atoms with E-state index >= 15 is 0 Å². The molecule has 0 bridgehead atoms. The number of hydrogen-bond acceptors (Lipinski definition) is 3. The molecule has 0 saturated carbocycles. The average Bonchev–Trinajstić information content (AvgIpc) is 2.44. The first kappa shape index (κ1) is 10.7. The molecule has 2 fully saturated rings. The Bertz CT molecular complexity index is 264. The molecule has 4 heteroatoms. The number of rotatable bonds is 0. The van der Waals surface area contributed by atoms with E-state index < -0.39 is 0 Å². The van der Waals surface area contributed by atoms with Crippen LogP contribution in [0.5, 0.6) is 0 Å². The van der Waals surface area contributed by atoms with Gasteiger partial charge in [-0.2, -0.15) is 0 Å². The zero-order chi connectivity index (χ0) is 11.1. The van der Waals surface area contributed by atoms with Crippen LogP contribution in [0.3, 0.4) is 0 Å². The second kappa shape index (κ2) is 3.37. The van der Waals surface area contributed by atoms with E-state index in [1.165, 1.54) is 0 Å². The van der Waals surface area contributed by atoms with E-state index in [-0.39, 0.29) is 17.2 Å². The normalized spacial score (nSPS) is 32.2. The molecule has 0 aromatic heterocycles. The summed E-state index contributed by atoms with van der Waals surface area (Å²) in [5.74, 6) is 0. The molecule has 2 aliphatic heterocycles. The zero-order valence-electron chi connectivity index (χ0n) is 9.80. The summed E-state index contributed by atoms with van der Waals surface area (Å²) in [6.45, 7) is 8.69. The summed E-state index contributed by atoms with van der Waals surface area (Å²) in [7, 11) is 0. The largest absolute Gasteiger partial charge is 0.440 e. The standard InChI is InChI=1S/C11H20N2O2/c1-10(2,3)13-8-11(15-9(13)14)5-4-6-12-7-11/h12H,4-8H2,1-3H3. The fraction of sp³-hybridized carbons (Fsp3) is 0.909. The first-order valence-corrected chi connectivity index (χ1v) is 5.64. The molecule has 1 N–H and O–H groups in total. The lowest BCUT2D eigenvalue weighted by atomic mass is 9.93. The molecule has 0 radical (unpaired) electrons. The predicted molar refractivity (Wildman–Crippen MR) is 57.8 cm³/mol. The minimum absolute atomic E-state index is 0.141. The van der Waals surface area contributed by atoms with Gasteiger partial charge in [-0.1, -0.05) is 0 Å². The molecule has 15 heavy (non-hydrogen) atoms. The number of amides is 1. The second-order valence-electron chi connectivity index (χ2n) is 5.59. The van der Waals surface area contributed by atoms with Crippen molar-refractivity contribution >= 4 is 6.09 Å². The van der Waals surface area contributed by atoms with Crippen molar-refractivity contribution in [3.8, 4) is 0 Å². The molecule has 2 rings (SSSR count). The monoisotopic (exact) mass is 212 g/mol. The minimum Gasteiger partial charge on any atom is -0.440 e. The van der Waals surface area contributed by atoms with E-state index in [4.69, 9.17) is 4.74 Å². The van der Waals surface area contributed by atoms with Crippen LogP contribution in [-0.2, 0) is 4.74 Å². The van der Waals surface area contributed by atoms with Crippen LogP contribution < -0.4 is 5.32 Å². The van der Waals surface area contributed by atoms with Gasteiger partial charge in [-0.25, -0.2) is 4.79 Å². The summed E-state index contributed by atoms with van der Waals surface area (Å²) in [4.78, 5) is 13.6. The molecule has 1 amide bonds. The highest BCUT2D eigenvalue weighted by molar-refractivity contribution is 5.71. The van der Waals surface area contributed by atoms with Gasteiger partial charge in [0.15, 0.2) is 0 Å². The Morgan fingerprint density at radius 3 is 2.67 bits per heavy atom. The molecule has 0 aliphatic carbocycles. The van der Waals surface area contributed by atoms with Gasteiger partial charge in [0.1, 0.15) is 5.60 Å². The van der Waals surface area contributed by atoms with E-state index in [2.05, 4.69) is 5.32 Å². The van der Waals surface area contributed by atoms with Crippen molar-refractivity contribution in [3.63, 3.8) is 0 Å². The summed E-state index contributed by atoms with van der Waals surface area (Å²) in [5.41, 5.74) is -0.402. The number of ether oxygens (including phenoxy) is 1. The summed E-state index contributed by atoms with van der Waals surface area (Å²) < 4.78 is 5.55. The molecule has 1 spiro atoms. The van der Waals surface area contributed by atoms with E-state index in [9.17, 15) is 4.79 Å². The van der Waals surface area contributed by atoms with Gasteiger partial charge in [0, 0.05) is 12.1 Å². The summed E-state index contributed by atoms with van der Waals surface area (Å²) in [6, 6.07) is 0. The van der Waals surface area contributed by atoms with E-state index in [1.807, 2.05) is 25.7 Å². The Labute approximate surface area is 91.0 Å². The van der Waals surface area contributed by atoms with Crippen molar-refractivity contribution in [1.29, 1.82) is 0 Å². The highest BCUT2D eigenvalue weighted by Gasteiger charge is 2.48. The Balaban J connectivity index is 2.12. The smallest absolute Gasteiger partial charge is 0.411 e. The Morgan fingerprint density at radius 1 is 1.47 bits per heavy atom. The predicted octanol–water partition coefficient (Wildman–Crippen LogP) is 1.36. The molecular weight excluding hydrogens is 192 g/mol. The molecular formula is C11H20N2O2. The molecule has 2 heterocycles. The van der Waals surface area contributed by atoms with Crippen LogP contribution in [0.1, 0.15) is 33.6 Å². The molecule has 2 saturated heterocycles. The third-order valence-electron chi connectivity index (χ3n) is 3.21. The Morgan fingerprint density at radius 2 is 2.20 bits per heavy atom. The molecule has 86 valence electrons. The van der Waals surface area contributed by atoms with Gasteiger partial charge >= 0.3 is 6.09 Å². The highest BCUT2D eigenvalue weighted by atomic mass is 16.6. The van der Waals surface area contributed by atoms with Gasteiger partial charge in [0.05, 0.1) is 6.54 Å². The summed E-state index contributed by atoms with van der Waals surface area (Å²) in [6.07, 6.45) is 1.91.